The lowest BCUT2D eigenvalue weighted by atomic mass is 9.98. The predicted octanol–water partition coefficient (Wildman–Crippen LogP) is 2.93. The molecule has 2 heterocycles. The van der Waals surface area contributed by atoms with E-state index in [-0.39, 0.29) is 5.91 Å². The van der Waals surface area contributed by atoms with Crippen LogP contribution >= 0.6 is 0 Å². The molecule has 0 bridgehead atoms. The van der Waals surface area contributed by atoms with Gasteiger partial charge in [-0.2, -0.15) is 0 Å². The Morgan fingerprint density at radius 3 is 2.55 bits per heavy atom. The number of hydrogen-bond acceptors (Lipinski definition) is 4. The molecule has 22 heavy (non-hydrogen) atoms. The van der Waals surface area contributed by atoms with Gasteiger partial charge >= 0.3 is 0 Å². The van der Waals surface area contributed by atoms with Crippen molar-refractivity contribution >= 4 is 5.91 Å². The van der Waals surface area contributed by atoms with Crippen LogP contribution in [0.25, 0.3) is 0 Å². The number of likely N-dealkylation sites (tertiary alicyclic amines) is 1. The minimum atomic E-state index is 0.0195. The molecule has 2 aromatic rings. The molecule has 5 heteroatoms. The van der Waals surface area contributed by atoms with E-state index in [2.05, 4.69) is 0 Å². The van der Waals surface area contributed by atoms with Crippen molar-refractivity contribution in [2.75, 3.05) is 27.3 Å². The summed E-state index contributed by atoms with van der Waals surface area (Å²) in [5.74, 6) is 1.86. The Kier molecular flexibility index (Phi) is 4.04. The fourth-order valence-electron chi connectivity index (χ4n) is 2.85. The van der Waals surface area contributed by atoms with Gasteiger partial charge in [-0.3, -0.25) is 4.79 Å². The third-order valence-electron chi connectivity index (χ3n) is 4.09. The molecular weight excluding hydrogens is 282 g/mol. The van der Waals surface area contributed by atoms with E-state index >= 15 is 0 Å². The number of carbonyl (C=O) groups is 1. The maximum Gasteiger partial charge on any atom is 0.257 e. The number of ether oxygens (including phenoxy) is 2. The molecule has 1 aliphatic heterocycles. The summed E-state index contributed by atoms with van der Waals surface area (Å²) in [5.41, 5.74) is 1.74. The lowest BCUT2D eigenvalue weighted by Gasteiger charge is -2.16. The highest BCUT2D eigenvalue weighted by atomic mass is 16.5. The molecule has 0 spiro atoms. The topological polar surface area (TPSA) is 51.9 Å². The Hall–Kier alpha value is -2.43. The molecule has 0 aliphatic carbocycles. The smallest absolute Gasteiger partial charge is 0.257 e. The van der Waals surface area contributed by atoms with Crippen LogP contribution in [0.2, 0.25) is 0 Å². The van der Waals surface area contributed by atoms with Gasteiger partial charge in [-0.25, -0.2) is 0 Å². The van der Waals surface area contributed by atoms with E-state index in [1.807, 2.05) is 23.1 Å². The van der Waals surface area contributed by atoms with E-state index in [1.54, 1.807) is 20.3 Å². The minimum absolute atomic E-state index is 0.0195. The van der Waals surface area contributed by atoms with Crippen LogP contribution in [0.1, 0.15) is 28.3 Å². The van der Waals surface area contributed by atoms with E-state index in [0.29, 0.717) is 18.0 Å². The summed E-state index contributed by atoms with van der Waals surface area (Å²) in [6.07, 6.45) is 3.94. The fraction of sp³-hybridized carbons (Fsp3) is 0.353. The molecule has 5 nitrogen and oxygen atoms in total. The number of benzene rings is 1. The van der Waals surface area contributed by atoms with Gasteiger partial charge in [0, 0.05) is 25.1 Å². The van der Waals surface area contributed by atoms with Crippen molar-refractivity contribution in [1.82, 2.24) is 4.90 Å². The molecular formula is C17H19NO4. The molecule has 0 N–H and O–H groups in total. The van der Waals surface area contributed by atoms with Crippen LogP contribution in [0.4, 0.5) is 0 Å². The predicted molar refractivity (Wildman–Crippen MR) is 81.5 cm³/mol. The Balaban J connectivity index is 1.76. The summed E-state index contributed by atoms with van der Waals surface area (Å²) in [7, 11) is 3.28. The van der Waals surface area contributed by atoms with Crippen molar-refractivity contribution in [3.8, 4) is 11.5 Å². The third-order valence-corrected chi connectivity index (χ3v) is 4.09. The van der Waals surface area contributed by atoms with Crippen LogP contribution in [0.3, 0.4) is 0 Å². The molecule has 0 radical (unpaired) electrons. The first-order valence-corrected chi connectivity index (χ1v) is 7.25. The zero-order valence-corrected chi connectivity index (χ0v) is 12.7. The molecule has 1 saturated heterocycles. The van der Waals surface area contributed by atoms with Crippen molar-refractivity contribution in [3.63, 3.8) is 0 Å². The van der Waals surface area contributed by atoms with Crippen molar-refractivity contribution < 1.29 is 18.7 Å². The second-order valence-electron chi connectivity index (χ2n) is 5.39. The molecule has 1 aromatic carbocycles. The normalized spacial score (nSPS) is 17.5. The van der Waals surface area contributed by atoms with E-state index in [0.717, 1.165) is 30.0 Å². The Morgan fingerprint density at radius 1 is 1.23 bits per heavy atom. The first-order valence-electron chi connectivity index (χ1n) is 7.25. The maximum atomic E-state index is 12.3. The molecule has 1 fully saturated rings. The van der Waals surface area contributed by atoms with Gasteiger partial charge < -0.3 is 18.8 Å². The summed E-state index contributed by atoms with van der Waals surface area (Å²) in [6, 6.07) is 7.58. The highest BCUT2D eigenvalue weighted by molar-refractivity contribution is 5.94. The number of nitrogens with zero attached hydrogens (tertiary/aromatic N) is 1. The Bertz CT molecular complexity index is 628. The van der Waals surface area contributed by atoms with Crippen LogP contribution in [0.15, 0.2) is 41.2 Å². The first kappa shape index (κ1) is 14.5. The fourth-order valence-corrected chi connectivity index (χ4v) is 2.85. The molecule has 1 aliphatic rings. The standard InChI is InChI=1S/C17H19NO4/c1-20-15-7-14(8-16(9-15)21-2)12-3-5-18(10-12)17(19)13-4-6-22-11-13/h4,6-9,11-12H,3,5,10H2,1-2H3. The first-order chi connectivity index (χ1) is 10.7. The highest BCUT2D eigenvalue weighted by Crippen LogP contribution is 2.33. The van der Waals surface area contributed by atoms with Crippen molar-refractivity contribution in [2.45, 2.75) is 12.3 Å². The average molecular weight is 301 g/mol. The second kappa shape index (κ2) is 6.13. The zero-order valence-electron chi connectivity index (χ0n) is 12.7. The Morgan fingerprint density at radius 2 is 1.95 bits per heavy atom. The average Bonchev–Trinajstić information content (AvgIpc) is 3.25. The third kappa shape index (κ3) is 2.79. The van der Waals surface area contributed by atoms with Gasteiger partial charge in [-0.05, 0) is 30.2 Å². The van der Waals surface area contributed by atoms with Gasteiger partial charge in [-0.1, -0.05) is 0 Å². The van der Waals surface area contributed by atoms with Gasteiger partial charge in [0.1, 0.15) is 17.8 Å². The SMILES string of the molecule is COc1cc(OC)cc(C2CCN(C(=O)c3ccoc3)C2)c1. The number of hydrogen-bond donors (Lipinski definition) is 0. The van der Waals surface area contributed by atoms with Crippen LogP contribution < -0.4 is 9.47 Å². The van der Waals surface area contributed by atoms with Gasteiger partial charge in [-0.15, -0.1) is 0 Å². The van der Waals surface area contributed by atoms with Crippen LogP contribution in [-0.4, -0.2) is 38.1 Å². The number of rotatable bonds is 4. The van der Waals surface area contributed by atoms with Gasteiger partial charge in [0.15, 0.2) is 0 Å². The molecule has 1 atom stereocenters. The lowest BCUT2D eigenvalue weighted by Crippen LogP contribution is -2.28. The minimum Gasteiger partial charge on any atom is -0.497 e. The quantitative estimate of drug-likeness (QED) is 0.871. The van der Waals surface area contributed by atoms with Crippen molar-refractivity contribution in [1.29, 1.82) is 0 Å². The number of amides is 1. The molecule has 0 saturated carbocycles. The van der Waals surface area contributed by atoms with Crippen LogP contribution in [0, 0.1) is 0 Å². The van der Waals surface area contributed by atoms with Crippen LogP contribution in [0.5, 0.6) is 11.5 Å². The number of furan rings is 1. The highest BCUT2D eigenvalue weighted by Gasteiger charge is 2.29. The molecule has 1 aromatic heterocycles. The van der Waals surface area contributed by atoms with Gasteiger partial charge in [0.2, 0.25) is 0 Å². The molecule has 116 valence electrons. The molecule has 1 unspecified atom stereocenters. The van der Waals surface area contributed by atoms with E-state index in [1.165, 1.54) is 12.5 Å². The molecule has 1 amide bonds. The van der Waals surface area contributed by atoms with Crippen LogP contribution in [-0.2, 0) is 0 Å². The van der Waals surface area contributed by atoms with Gasteiger partial charge in [0.05, 0.1) is 26.0 Å². The Labute approximate surface area is 129 Å². The second-order valence-corrected chi connectivity index (χ2v) is 5.39. The zero-order chi connectivity index (χ0) is 15.5. The number of methoxy groups -OCH3 is 2. The maximum absolute atomic E-state index is 12.3. The van der Waals surface area contributed by atoms with E-state index in [9.17, 15) is 4.79 Å². The molecule has 3 rings (SSSR count). The van der Waals surface area contributed by atoms with Crippen molar-refractivity contribution in [2.24, 2.45) is 0 Å². The summed E-state index contributed by atoms with van der Waals surface area (Å²) in [4.78, 5) is 14.2. The van der Waals surface area contributed by atoms with Gasteiger partial charge in [0.25, 0.3) is 5.91 Å². The summed E-state index contributed by atoms with van der Waals surface area (Å²) in [5, 5.41) is 0. The lowest BCUT2D eigenvalue weighted by molar-refractivity contribution is 0.0790. The van der Waals surface area contributed by atoms with Crippen molar-refractivity contribution in [3.05, 3.63) is 47.9 Å². The summed E-state index contributed by atoms with van der Waals surface area (Å²) < 4.78 is 15.6. The van der Waals surface area contributed by atoms with E-state index in [4.69, 9.17) is 13.9 Å². The monoisotopic (exact) mass is 301 g/mol. The largest absolute Gasteiger partial charge is 0.497 e. The van der Waals surface area contributed by atoms with E-state index < -0.39 is 0 Å². The summed E-state index contributed by atoms with van der Waals surface area (Å²) >= 11 is 0. The number of carbonyl (C=O) groups excluding carboxylic acids is 1. The summed E-state index contributed by atoms with van der Waals surface area (Å²) in [6.45, 7) is 1.44.